The third-order valence-electron chi connectivity index (χ3n) is 4.82. The number of aromatic nitrogens is 2. The number of hydrogen-bond donors (Lipinski definition) is 0. The Bertz CT molecular complexity index is 564. The molecule has 0 radical (unpaired) electrons. The molecule has 0 aliphatic carbocycles. The maximum absolute atomic E-state index is 11.4. The lowest BCUT2D eigenvalue weighted by molar-refractivity contribution is 0.00578. The Morgan fingerprint density at radius 3 is 2.45 bits per heavy atom. The van der Waals surface area contributed by atoms with Crippen LogP contribution in [0.15, 0.2) is 12.4 Å². The standard InChI is InChI=1S/C14H22BN3O4/c1-13(2)14(3,4)22-15(21-13)10-6-16-18(7-10)11-8-17(9-11)12(19)20-5/h6-7,11H,8-9H2,1-5H3. The molecule has 3 heterocycles. The third-order valence-corrected chi connectivity index (χ3v) is 4.82. The largest absolute Gasteiger partial charge is 0.498 e. The Kier molecular flexibility index (Phi) is 3.49. The van der Waals surface area contributed by atoms with Crippen LogP contribution in [0.3, 0.4) is 0 Å². The number of methoxy groups -OCH3 is 1. The number of carbonyl (C=O) groups is 1. The molecular weight excluding hydrogens is 285 g/mol. The van der Waals surface area contributed by atoms with Crippen LogP contribution in [0.25, 0.3) is 0 Å². The van der Waals surface area contributed by atoms with Crippen LogP contribution >= 0.6 is 0 Å². The smallest absolute Gasteiger partial charge is 0.453 e. The zero-order chi connectivity index (χ0) is 16.1. The Hall–Kier alpha value is -1.54. The Balaban J connectivity index is 1.65. The van der Waals surface area contributed by atoms with Crippen molar-refractivity contribution in [2.24, 2.45) is 0 Å². The summed E-state index contributed by atoms with van der Waals surface area (Å²) in [5, 5.41) is 4.38. The monoisotopic (exact) mass is 307 g/mol. The van der Waals surface area contributed by atoms with E-state index >= 15 is 0 Å². The molecule has 0 unspecified atom stereocenters. The zero-order valence-corrected chi connectivity index (χ0v) is 13.7. The van der Waals surface area contributed by atoms with Gasteiger partial charge < -0.3 is 18.9 Å². The van der Waals surface area contributed by atoms with Crippen LogP contribution in [0, 0.1) is 0 Å². The van der Waals surface area contributed by atoms with Crippen molar-refractivity contribution < 1.29 is 18.8 Å². The van der Waals surface area contributed by atoms with E-state index in [1.807, 2.05) is 38.6 Å². The quantitative estimate of drug-likeness (QED) is 0.756. The summed E-state index contributed by atoms with van der Waals surface area (Å²) < 4.78 is 18.6. The molecule has 0 aromatic carbocycles. The highest BCUT2D eigenvalue weighted by Crippen LogP contribution is 2.36. The summed E-state index contributed by atoms with van der Waals surface area (Å²) in [5.74, 6) is 0. The summed E-state index contributed by atoms with van der Waals surface area (Å²) in [6.45, 7) is 9.32. The molecule has 2 aliphatic rings. The highest BCUT2D eigenvalue weighted by molar-refractivity contribution is 6.62. The van der Waals surface area contributed by atoms with Gasteiger partial charge in [0, 0.05) is 30.9 Å². The summed E-state index contributed by atoms with van der Waals surface area (Å²) in [6, 6.07) is 0.176. The second kappa shape index (κ2) is 4.99. The number of likely N-dealkylation sites (tertiary alicyclic amines) is 1. The van der Waals surface area contributed by atoms with Crippen molar-refractivity contribution in [1.82, 2.24) is 14.7 Å². The van der Waals surface area contributed by atoms with Gasteiger partial charge in [-0.2, -0.15) is 5.10 Å². The normalized spacial score (nSPS) is 23.5. The van der Waals surface area contributed by atoms with Gasteiger partial charge in [0.25, 0.3) is 0 Å². The van der Waals surface area contributed by atoms with Crippen molar-refractivity contribution in [2.45, 2.75) is 44.9 Å². The van der Waals surface area contributed by atoms with Crippen LogP contribution in [0.5, 0.6) is 0 Å². The molecule has 0 bridgehead atoms. The van der Waals surface area contributed by atoms with Crippen molar-refractivity contribution in [2.75, 3.05) is 20.2 Å². The summed E-state index contributed by atoms with van der Waals surface area (Å²) >= 11 is 0. The molecule has 2 saturated heterocycles. The molecule has 2 fully saturated rings. The molecule has 0 spiro atoms. The number of carbonyl (C=O) groups excluding carboxylic acids is 1. The zero-order valence-electron chi connectivity index (χ0n) is 13.7. The second-order valence-electron chi connectivity index (χ2n) is 6.87. The molecule has 1 aromatic rings. The minimum Gasteiger partial charge on any atom is -0.453 e. The van der Waals surface area contributed by atoms with Gasteiger partial charge >= 0.3 is 13.2 Å². The van der Waals surface area contributed by atoms with E-state index in [9.17, 15) is 4.79 Å². The predicted molar refractivity (Wildman–Crippen MR) is 81.0 cm³/mol. The molecule has 0 atom stereocenters. The molecule has 22 heavy (non-hydrogen) atoms. The van der Waals surface area contributed by atoms with Gasteiger partial charge in [-0.05, 0) is 27.7 Å². The van der Waals surface area contributed by atoms with E-state index in [0.717, 1.165) is 5.46 Å². The van der Waals surface area contributed by atoms with Crippen LogP contribution < -0.4 is 5.46 Å². The van der Waals surface area contributed by atoms with Crippen LogP contribution in [0.1, 0.15) is 33.7 Å². The second-order valence-corrected chi connectivity index (χ2v) is 6.87. The molecule has 1 aromatic heterocycles. The fraction of sp³-hybridized carbons (Fsp3) is 0.714. The number of rotatable bonds is 2. The van der Waals surface area contributed by atoms with Crippen molar-refractivity contribution in [3.8, 4) is 0 Å². The van der Waals surface area contributed by atoms with E-state index in [-0.39, 0.29) is 23.3 Å². The Labute approximate surface area is 130 Å². The van der Waals surface area contributed by atoms with E-state index in [2.05, 4.69) is 9.84 Å². The van der Waals surface area contributed by atoms with Gasteiger partial charge in [0.1, 0.15) is 0 Å². The predicted octanol–water partition coefficient (Wildman–Crippen LogP) is 0.805. The van der Waals surface area contributed by atoms with Crippen LogP contribution in [0.4, 0.5) is 4.79 Å². The van der Waals surface area contributed by atoms with E-state index in [4.69, 9.17) is 9.31 Å². The summed E-state index contributed by atoms with van der Waals surface area (Å²) in [4.78, 5) is 13.0. The molecule has 3 rings (SSSR count). The van der Waals surface area contributed by atoms with E-state index < -0.39 is 7.12 Å². The fourth-order valence-corrected chi connectivity index (χ4v) is 2.55. The van der Waals surface area contributed by atoms with Crippen molar-refractivity contribution >= 4 is 18.7 Å². The van der Waals surface area contributed by atoms with Crippen molar-refractivity contribution in [1.29, 1.82) is 0 Å². The maximum atomic E-state index is 11.4. The lowest BCUT2D eigenvalue weighted by Crippen LogP contribution is -2.50. The number of amides is 1. The Morgan fingerprint density at radius 1 is 1.32 bits per heavy atom. The number of hydrogen-bond acceptors (Lipinski definition) is 5. The number of ether oxygens (including phenoxy) is 1. The summed E-state index contributed by atoms with van der Waals surface area (Å²) in [5.41, 5.74) is 0.172. The van der Waals surface area contributed by atoms with Crippen LogP contribution in [0.2, 0.25) is 0 Å². The van der Waals surface area contributed by atoms with Gasteiger partial charge in [-0.25, -0.2) is 4.79 Å². The first-order valence-corrected chi connectivity index (χ1v) is 7.46. The molecule has 0 saturated carbocycles. The maximum Gasteiger partial charge on any atom is 0.498 e. The molecule has 8 heteroatoms. The summed E-state index contributed by atoms with van der Waals surface area (Å²) in [6.07, 6.45) is 3.40. The van der Waals surface area contributed by atoms with Crippen molar-refractivity contribution in [3.05, 3.63) is 12.4 Å². The van der Waals surface area contributed by atoms with Crippen molar-refractivity contribution in [3.63, 3.8) is 0 Å². The fourth-order valence-electron chi connectivity index (χ4n) is 2.55. The molecule has 0 N–H and O–H groups in total. The SMILES string of the molecule is COC(=O)N1CC(n2cc(B3OC(C)(C)C(C)(C)O3)cn2)C1. The highest BCUT2D eigenvalue weighted by atomic mass is 16.7. The summed E-state index contributed by atoms with van der Waals surface area (Å²) in [7, 11) is 0.982. The molecular formula is C14H22BN3O4. The minimum atomic E-state index is -0.407. The van der Waals surface area contributed by atoms with Gasteiger partial charge in [0.05, 0.1) is 24.4 Å². The van der Waals surface area contributed by atoms with E-state index in [1.54, 1.807) is 11.1 Å². The average Bonchev–Trinajstić information content (AvgIpc) is 2.91. The van der Waals surface area contributed by atoms with Gasteiger partial charge in [-0.3, -0.25) is 4.68 Å². The van der Waals surface area contributed by atoms with E-state index in [1.165, 1.54) is 7.11 Å². The van der Waals surface area contributed by atoms with Crippen LogP contribution in [-0.4, -0.2) is 59.3 Å². The molecule has 1 amide bonds. The first-order valence-electron chi connectivity index (χ1n) is 7.46. The van der Waals surface area contributed by atoms with Gasteiger partial charge in [-0.15, -0.1) is 0 Å². The topological polar surface area (TPSA) is 65.8 Å². The van der Waals surface area contributed by atoms with Gasteiger partial charge in [0.2, 0.25) is 0 Å². The average molecular weight is 307 g/mol. The van der Waals surface area contributed by atoms with Gasteiger partial charge in [0.15, 0.2) is 0 Å². The van der Waals surface area contributed by atoms with E-state index in [0.29, 0.717) is 13.1 Å². The lowest BCUT2D eigenvalue weighted by Gasteiger charge is -2.37. The minimum absolute atomic E-state index is 0.176. The molecule has 2 aliphatic heterocycles. The lowest BCUT2D eigenvalue weighted by atomic mass is 9.82. The Morgan fingerprint density at radius 2 is 1.91 bits per heavy atom. The molecule has 120 valence electrons. The highest BCUT2D eigenvalue weighted by Gasteiger charge is 2.52. The third kappa shape index (κ3) is 2.40. The first kappa shape index (κ1) is 15.4. The first-order chi connectivity index (χ1) is 10.2. The van der Waals surface area contributed by atoms with Gasteiger partial charge in [-0.1, -0.05) is 0 Å². The van der Waals surface area contributed by atoms with Crippen LogP contribution in [-0.2, 0) is 14.0 Å². The number of nitrogens with zero attached hydrogens (tertiary/aromatic N) is 3. The molecule has 7 nitrogen and oxygen atoms in total.